The molecule has 1 heterocycles. The molecular formula is C32H30N2O5. The number of amides is 2. The molecule has 198 valence electrons. The number of nitrogens with zero attached hydrogens (tertiary/aromatic N) is 1. The highest BCUT2D eigenvalue weighted by Gasteiger charge is 2.45. The summed E-state index contributed by atoms with van der Waals surface area (Å²) in [7, 11) is 3.20. The zero-order valence-electron chi connectivity index (χ0n) is 22.1. The van der Waals surface area contributed by atoms with Crippen molar-refractivity contribution in [3.8, 4) is 17.2 Å². The van der Waals surface area contributed by atoms with Crippen LogP contribution in [-0.4, -0.2) is 32.6 Å². The van der Waals surface area contributed by atoms with Crippen LogP contribution < -0.4 is 24.4 Å². The van der Waals surface area contributed by atoms with Gasteiger partial charge in [-0.25, -0.2) is 0 Å². The van der Waals surface area contributed by atoms with Crippen LogP contribution in [0.4, 0.5) is 11.4 Å². The van der Waals surface area contributed by atoms with E-state index in [2.05, 4.69) is 5.32 Å². The fraction of sp³-hybridized carbons (Fsp3) is 0.188. The van der Waals surface area contributed by atoms with Crippen LogP contribution >= 0.6 is 0 Å². The van der Waals surface area contributed by atoms with E-state index in [1.165, 1.54) is 0 Å². The lowest BCUT2D eigenvalue weighted by atomic mass is 9.78. The summed E-state index contributed by atoms with van der Waals surface area (Å²) in [5.41, 5.74) is 3.28. The van der Waals surface area contributed by atoms with Gasteiger partial charge in [-0.1, -0.05) is 30.3 Å². The Labute approximate surface area is 227 Å². The lowest BCUT2D eigenvalue weighted by molar-refractivity contribution is -0.118. The molecule has 0 radical (unpaired) electrons. The smallest absolute Gasteiger partial charge is 0.259 e. The molecule has 0 unspecified atom stereocenters. The van der Waals surface area contributed by atoms with Crippen LogP contribution in [0.25, 0.3) is 0 Å². The van der Waals surface area contributed by atoms with Crippen molar-refractivity contribution in [1.82, 2.24) is 0 Å². The zero-order valence-corrected chi connectivity index (χ0v) is 22.1. The van der Waals surface area contributed by atoms with E-state index in [4.69, 9.17) is 14.2 Å². The van der Waals surface area contributed by atoms with Crippen LogP contribution in [-0.2, 0) is 4.79 Å². The fourth-order valence-electron chi connectivity index (χ4n) is 5.01. The summed E-state index contributed by atoms with van der Waals surface area (Å²) in [6.45, 7) is 2.48. The van der Waals surface area contributed by atoms with E-state index < -0.39 is 12.0 Å². The van der Waals surface area contributed by atoms with Crippen LogP contribution in [0.1, 0.15) is 40.4 Å². The highest BCUT2D eigenvalue weighted by atomic mass is 16.5. The first-order valence-corrected chi connectivity index (χ1v) is 12.8. The second-order valence-corrected chi connectivity index (χ2v) is 9.10. The number of rotatable bonds is 8. The van der Waals surface area contributed by atoms with Crippen LogP contribution in [0.3, 0.4) is 0 Å². The Kier molecular flexibility index (Phi) is 7.50. The number of fused-ring (bicyclic) bond motifs is 1. The molecular weight excluding hydrogens is 492 g/mol. The molecule has 5 rings (SSSR count). The molecule has 0 spiro atoms. The van der Waals surface area contributed by atoms with Crippen molar-refractivity contribution in [1.29, 1.82) is 0 Å². The number of methoxy groups -OCH3 is 2. The van der Waals surface area contributed by atoms with Gasteiger partial charge in [0.05, 0.1) is 32.8 Å². The molecule has 1 aliphatic rings. The predicted molar refractivity (Wildman–Crippen MR) is 151 cm³/mol. The molecule has 7 heteroatoms. The van der Waals surface area contributed by atoms with Gasteiger partial charge in [0.25, 0.3) is 5.91 Å². The van der Waals surface area contributed by atoms with E-state index in [0.29, 0.717) is 40.6 Å². The highest BCUT2D eigenvalue weighted by molar-refractivity contribution is 6.12. The molecule has 0 fully saturated rings. The Balaban J connectivity index is 1.63. The topological polar surface area (TPSA) is 77.1 Å². The van der Waals surface area contributed by atoms with E-state index in [1.807, 2.05) is 97.9 Å². The van der Waals surface area contributed by atoms with Gasteiger partial charge in [0.1, 0.15) is 17.2 Å². The number of hydrogen-bond acceptors (Lipinski definition) is 5. The minimum absolute atomic E-state index is 0.179. The average molecular weight is 523 g/mol. The molecule has 0 bridgehead atoms. The number of benzene rings is 4. The van der Waals surface area contributed by atoms with E-state index in [1.54, 1.807) is 25.2 Å². The van der Waals surface area contributed by atoms with E-state index in [0.717, 1.165) is 11.3 Å². The van der Waals surface area contributed by atoms with Crippen molar-refractivity contribution in [3.63, 3.8) is 0 Å². The molecule has 0 saturated heterocycles. The van der Waals surface area contributed by atoms with Gasteiger partial charge < -0.3 is 19.5 Å². The summed E-state index contributed by atoms with van der Waals surface area (Å²) < 4.78 is 16.2. The molecule has 4 aromatic rings. The number of hydrogen-bond donors (Lipinski definition) is 1. The maximum Gasteiger partial charge on any atom is 0.259 e. The molecule has 4 aromatic carbocycles. The third kappa shape index (κ3) is 5.16. The van der Waals surface area contributed by atoms with Gasteiger partial charge >= 0.3 is 0 Å². The first-order chi connectivity index (χ1) is 19.0. The third-order valence-electron chi connectivity index (χ3n) is 6.86. The highest BCUT2D eigenvalue weighted by Crippen LogP contribution is 2.46. The second-order valence-electron chi connectivity index (χ2n) is 9.10. The summed E-state index contributed by atoms with van der Waals surface area (Å²) in [4.78, 5) is 29.8. The first-order valence-electron chi connectivity index (χ1n) is 12.8. The molecule has 0 aliphatic carbocycles. The number of ether oxygens (including phenoxy) is 3. The summed E-state index contributed by atoms with van der Waals surface area (Å²) in [6, 6.07) is 28.7. The lowest BCUT2D eigenvalue weighted by Gasteiger charge is -2.42. The monoisotopic (exact) mass is 522 g/mol. The van der Waals surface area contributed by atoms with Crippen molar-refractivity contribution in [2.24, 2.45) is 0 Å². The van der Waals surface area contributed by atoms with Crippen molar-refractivity contribution in [2.45, 2.75) is 18.9 Å². The molecule has 1 N–H and O–H groups in total. The molecule has 2 atom stereocenters. The number of anilines is 2. The van der Waals surface area contributed by atoms with Crippen LogP contribution in [0, 0.1) is 0 Å². The van der Waals surface area contributed by atoms with Crippen molar-refractivity contribution < 1.29 is 23.8 Å². The van der Waals surface area contributed by atoms with Crippen molar-refractivity contribution in [3.05, 3.63) is 114 Å². The summed E-state index contributed by atoms with van der Waals surface area (Å²) in [6.07, 6.45) is 0. The third-order valence-corrected chi connectivity index (χ3v) is 6.86. The van der Waals surface area contributed by atoms with Crippen molar-refractivity contribution in [2.75, 3.05) is 31.0 Å². The standard InChI is InChI=1S/C32H30N2O5/c1-4-39-26-17-11-22(12-18-26)33-31(35)29-27-7-5-6-8-28(27)32(36)34(23-13-19-25(38-3)20-14-23)30(29)21-9-15-24(37-2)16-10-21/h5-20,29-30H,4H2,1-3H3,(H,33,35)/t29-,30-/m0/s1. The van der Waals surface area contributed by atoms with E-state index in [9.17, 15) is 9.59 Å². The van der Waals surface area contributed by atoms with Crippen LogP contribution in [0.15, 0.2) is 97.1 Å². The molecule has 0 aromatic heterocycles. The van der Waals surface area contributed by atoms with E-state index in [-0.39, 0.29) is 11.8 Å². The van der Waals surface area contributed by atoms with E-state index >= 15 is 0 Å². The molecule has 7 nitrogen and oxygen atoms in total. The van der Waals surface area contributed by atoms with Gasteiger partial charge in [0.15, 0.2) is 0 Å². The second kappa shape index (κ2) is 11.3. The molecule has 2 amide bonds. The number of carbonyl (C=O) groups excluding carboxylic acids is 2. The molecule has 1 aliphatic heterocycles. The largest absolute Gasteiger partial charge is 0.497 e. The van der Waals surface area contributed by atoms with Crippen LogP contribution in [0.2, 0.25) is 0 Å². The van der Waals surface area contributed by atoms with Gasteiger partial charge in [-0.05, 0) is 84.8 Å². The first kappa shape index (κ1) is 25.9. The Morgan fingerprint density at radius 2 is 1.38 bits per heavy atom. The summed E-state index contributed by atoms with van der Waals surface area (Å²) >= 11 is 0. The van der Waals surface area contributed by atoms with Gasteiger partial charge in [-0.3, -0.25) is 14.5 Å². The van der Waals surface area contributed by atoms with Gasteiger partial charge in [-0.15, -0.1) is 0 Å². The maximum absolute atomic E-state index is 14.1. The maximum atomic E-state index is 14.1. The quantitative estimate of drug-likeness (QED) is 0.297. The summed E-state index contributed by atoms with van der Waals surface area (Å²) in [5.74, 6) is 0.995. The van der Waals surface area contributed by atoms with Gasteiger partial charge in [0, 0.05) is 16.9 Å². The normalized spacial score (nSPS) is 16.3. The summed E-state index contributed by atoms with van der Waals surface area (Å²) in [5, 5.41) is 3.07. The Bertz CT molecular complexity index is 1450. The minimum Gasteiger partial charge on any atom is -0.497 e. The minimum atomic E-state index is -0.694. The lowest BCUT2D eigenvalue weighted by Crippen LogP contribution is -2.46. The average Bonchev–Trinajstić information content (AvgIpc) is 2.98. The number of carbonyl (C=O) groups is 2. The number of nitrogens with one attached hydrogen (secondary N) is 1. The van der Waals surface area contributed by atoms with Gasteiger partial charge in [-0.2, -0.15) is 0 Å². The van der Waals surface area contributed by atoms with Crippen molar-refractivity contribution >= 4 is 23.2 Å². The SMILES string of the molecule is CCOc1ccc(NC(=O)[C@H]2c3ccccc3C(=O)N(c3ccc(OC)cc3)[C@H]2c2ccc(OC)cc2)cc1. The predicted octanol–water partition coefficient (Wildman–Crippen LogP) is 6.23. The fourth-order valence-corrected chi connectivity index (χ4v) is 5.01. The zero-order chi connectivity index (χ0) is 27.4. The van der Waals surface area contributed by atoms with Gasteiger partial charge in [0.2, 0.25) is 5.91 Å². The Morgan fingerprint density at radius 1 is 0.795 bits per heavy atom. The molecule has 39 heavy (non-hydrogen) atoms. The Hall–Kier alpha value is -4.78. The van der Waals surface area contributed by atoms with Crippen LogP contribution in [0.5, 0.6) is 17.2 Å². The molecule has 0 saturated carbocycles. The Morgan fingerprint density at radius 3 is 2.00 bits per heavy atom.